The lowest BCUT2D eigenvalue weighted by Gasteiger charge is -2.26. The molecule has 2 rings (SSSR count). The second-order valence-electron chi connectivity index (χ2n) is 5.36. The van der Waals surface area contributed by atoms with Crippen molar-refractivity contribution >= 4 is 17.3 Å². The number of aromatic nitrogens is 2. The van der Waals surface area contributed by atoms with Crippen LogP contribution in [0, 0.1) is 6.92 Å². The summed E-state index contributed by atoms with van der Waals surface area (Å²) in [5.41, 5.74) is 2.22. The first kappa shape index (κ1) is 15.9. The molecule has 21 heavy (non-hydrogen) atoms. The molecule has 0 saturated carbocycles. The van der Waals surface area contributed by atoms with Gasteiger partial charge in [0.15, 0.2) is 0 Å². The smallest absolute Gasteiger partial charge is 0.226 e. The van der Waals surface area contributed by atoms with Crippen molar-refractivity contribution in [2.75, 3.05) is 11.4 Å². The maximum atomic E-state index is 4.71. The third-order valence-corrected chi connectivity index (χ3v) is 4.28. The van der Waals surface area contributed by atoms with Gasteiger partial charge in [0.2, 0.25) is 5.95 Å². The highest BCUT2D eigenvalue weighted by molar-refractivity contribution is 7.09. The molecule has 114 valence electrons. The van der Waals surface area contributed by atoms with Crippen LogP contribution in [0.5, 0.6) is 0 Å². The lowest BCUT2D eigenvalue weighted by atomic mass is 10.2. The van der Waals surface area contributed by atoms with E-state index >= 15 is 0 Å². The fraction of sp³-hybridized carbons (Fsp3) is 0.500. The molecule has 1 N–H and O–H groups in total. The van der Waals surface area contributed by atoms with E-state index in [-0.39, 0.29) is 0 Å². The van der Waals surface area contributed by atoms with Gasteiger partial charge in [0, 0.05) is 34.9 Å². The standard InChI is InChI=1S/C16H24N4S/c1-5-17-9-14-10-18-16(19-13(14)4)20(12(2)3)11-15-7-6-8-21-15/h6-8,10,12,17H,5,9,11H2,1-4H3. The Morgan fingerprint density at radius 1 is 1.38 bits per heavy atom. The minimum absolute atomic E-state index is 0.367. The van der Waals surface area contributed by atoms with E-state index in [1.165, 1.54) is 10.4 Å². The number of nitrogens with one attached hydrogen (secondary N) is 1. The normalized spacial score (nSPS) is 11.1. The van der Waals surface area contributed by atoms with Crippen molar-refractivity contribution in [2.45, 2.75) is 46.8 Å². The van der Waals surface area contributed by atoms with Gasteiger partial charge in [-0.05, 0) is 38.8 Å². The Labute approximate surface area is 131 Å². The van der Waals surface area contributed by atoms with Crippen molar-refractivity contribution in [1.29, 1.82) is 0 Å². The Balaban J connectivity index is 2.18. The van der Waals surface area contributed by atoms with Gasteiger partial charge < -0.3 is 10.2 Å². The van der Waals surface area contributed by atoms with Gasteiger partial charge >= 0.3 is 0 Å². The van der Waals surface area contributed by atoms with Crippen molar-refractivity contribution in [3.8, 4) is 0 Å². The summed E-state index contributed by atoms with van der Waals surface area (Å²) in [5, 5.41) is 5.43. The molecule has 0 spiro atoms. The highest BCUT2D eigenvalue weighted by Crippen LogP contribution is 2.19. The summed E-state index contributed by atoms with van der Waals surface area (Å²) in [4.78, 5) is 12.9. The molecule has 0 unspecified atom stereocenters. The number of nitrogens with zero attached hydrogens (tertiary/aromatic N) is 3. The molecular weight excluding hydrogens is 280 g/mol. The van der Waals surface area contributed by atoms with Crippen LogP contribution in [0.15, 0.2) is 23.7 Å². The Bertz CT molecular complexity index is 551. The van der Waals surface area contributed by atoms with Crippen LogP contribution >= 0.6 is 11.3 Å². The van der Waals surface area contributed by atoms with Crippen molar-refractivity contribution in [2.24, 2.45) is 0 Å². The maximum Gasteiger partial charge on any atom is 0.226 e. The van der Waals surface area contributed by atoms with Gasteiger partial charge in [-0.2, -0.15) is 0 Å². The second-order valence-corrected chi connectivity index (χ2v) is 6.39. The van der Waals surface area contributed by atoms with Crippen LogP contribution in [-0.4, -0.2) is 22.6 Å². The molecule has 0 amide bonds. The van der Waals surface area contributed by atoms with Gasteiger partial charge in [0.05, 0.1) is 6.54 Å². The molecule has 5 heteroatoms. The van der Waals surface area contributed by atoms with E-state index in [2.05, 4.69) is 60.4 Å². The molecule has 2 heterocycles. The highest BCUT2D eigenvalue weighted by Gasteiger charge is 2.15. The lowest BCUT2D eigenvalue weighted by molar-refractivity contribution is 0.658. The zero-order valence-corrected chi connectivity index (χ0v) is 14.1. The molecule has 2 aromatic rings. The lowest BCUT2D eigenvalue weighted by Crippen LogP contribution is -2.31. The van der Waals surface area contributed by atoms with Crippen molar-refractivity contribution < 1.29 is 0 Å². The van der Waals surface area contributed by atoms with Crippen LogP contribution in [0.3, 0.4) is 0 Å². The molecule has 0 saturated heterocycles. The topological polar surface area (TPSA) is 41.1 Å². The largest absolute Gasteiger partial charge is 0.333 e. The zero-order valence-electron chi connectivity index (χ0n) is 13.3. The van der Waals surface area contributed by atoms with Crippen molar-refractivity contribution in [3.05, 3.63) is 39.8 Å². The Morgan fingerprint density at radius 2 is 2.19 bits per heavy atom. The summed E-state index contributed by atoms with van der Waals surface area (Å²) in [7, 11) is 0. The summed E-state index contributed by atoms with van der Waals surface area (Å²) in [5.74, 6) is 0.816. The average molecular weight is 304 g/mol. The van der Waals surface area contributed by atoms with Crippen LogP contribution in [-0.2, 0) is 13.1 Å². The van der Waals surface area contributed by atoms with Gasteiger partial charge in [-0.1, -0.05) is 13.0 Å². The van der Waals surface area contributed by atoms with Crippen LogP contribution in [0.2, 0.25) is 0 Å². The number of hydrogen-bond acceptors (Lipinski definition) is 5. The minimum atomic E-state index is 0.367. The minimum Gasteiger partial charge on any atom is -0.333 e. The van der Waals surface area contributed by atoms with Gasteiger partial charge in [-0.25, -0.2) is 9.97 Å². The summed E-state index contributed by atoms with van der Waals surface area (Å²) in [6.07, 6.45) is 1.95. The summed E-state index contributed by atoms with van der Waals surface area (Å²) >= 11 is 1.77. The summed E-state index contributed by atoms with van der Waals surface area (Å²) in [6, 6.07) is 4.61. The fourth-order valence-corrected chi connectivity index (χ4v) is 2.81. The number of rotatable bonds is 7. The highest BCUT2D eigenvalue weighted by atomic mass is 32.1. The third-order valence-electron chi connectivity index (χ3n) is 3.42. The van der Waals surface area contributed by atoms with E-state index in [0.29, 0.717) is 6.04 Å². The molecular formula is C16H24N4S. The monoisotopic (exact) mass is 304 g/mol. The maximum absolute atomic E-state index is 4.71. The number of aryl methyl sites for hydroxylation is 1. The first-order valence-corrected chi connectivity index (χ1v) is 8.32. The predicted molar refractivity (Wildman–Crippen MR) is 89.8 cm³/mol. The van der Waals surface area contributed by atoms with Crippen molar-refractivity contribution in [1.82, 2.24) is 15.3 Å². The number of anilines is 1. The van der Waals surface area contributed by atoms with E-state index in [9.17, 15) is 0 Å². The first-order valence-electron chi connectivity index (χ1n) is 7.44. The molecule has 0 aromatic carbocycles. The van der Waals surface area contributed by atoms with Crippen LogP contribution in [0.1, 0.15) is 36.9 Å². The van der Waals surface area contributed by atoms with E-state index in [1.807, 2.05) is 6.20 Å². The average Bonchev–Trinajstić information content (AvgIpc) is 2.96. The van der Waals surface area contributed by atoms with E-state index in [4.69, 9.17) is 4.98 Å². The molecule has 0 fully saturated rings. The molecule has 2 aromatic heterocycles. The predicted octanol–water partition coefficient (Wildman–Crippen LogP) is 3.37. The number of hydrogen-bond donors (Lipinski definition) is 1. The van der Waals surface area contributed by atoms with Crippen LogP contribution in [0.4, 0.5) is 5.95 Å². The molecule has 0 radical (unpaired) electrons. The number of thiophene rings is 1. The molecule has 0 aliphatic rings. The Hall–Kier alpha value is -1.46. The molecule has 0 atom stereocenters. The molecule has 0 aliphatic heterocycles. The Kier molecular flexibility index (Phi) is 5.70. The SMILES string of the molecule is CCNCc1cnc(N(Cc2cccs2)C(C)C)nc1C. The zero-order chi connectivity index (χ0) is 15.2. The quantitative estimate of drug-likeness (QED) is 0.851. The van der Waals surface area contributed by atoms with Gasteiger partial charge in [-0.3, -0.25) is 0 Å². The first-order chi connectivity index (χ1) is 10.1. The molecule has 4 nitrogen and oxygen atoms in total. The van der Waals surface area contributed by atoms with Gasteiger partial charge in [0.1, 0.15) is 0 Å². The van der Waals surface area contributed by atoms with Crippen LogP contribution < -0.4 is 10.2 Å². The molecule has 0 aliphatic carbocycles. The third kappa shape index (κ3) is 4.25. The Morgan fingerprint density at radius 3 is 2.76 bits per heavy atom. The second kappa shape index (κ2) is 7.52. The van der Waals surface area contributed by atoms with Crippen LogP contribution in [0.25, 0.3) is 0 Å². The fourth-order valence-electron chi connectivity index (χ4n) is 2.11. The van der Waals surface area contributed by atoms with E-state index in [0.717, 1.165) is 31.3 Å². The van der Waals surface area contributed by atoms with Crippen molar-refractivity contribution in [3.63, 3.8) is 0 Å². The summed E-state index contributed by atoms with van der Waals surface area (Å²) < 4.78 is 0. The van der Waals surface area contributed by atoms with E-state index < -0.39 is 0 Å². The molecule has 0 bridgehead atoms. The summed E-state index contributed by atoms with van der Waals surface area (Å²) in [6.45, 7) is 11.2. The van der Waals surface area contributed by atoms with Gasteiger partial charge in [0.25, 0.3) is 0 Å². The van der Waals surface area contributed by atoms with E-state index in [1.54, 1.807) is 11.3 Å². The van der Waals surface area contributed by atoms with Gasteiger partial charge in [-0.15, -0.1) is 11.3 Å².